The Kier molecular flexibility index (Phi) is 5.66. The maximum atomic E-state index is 12.4. The van der Waals surface area contributed by atoms with Gasteiger partial charge >= 0.3 is 0 Å². The maximum absolute atomic E-state index is 12.4. The topological polar surface area (TPSA) is 42.0 Å². The van der Waals surface area contributed by atoms with Crippen LogP contribution in [0.25, 0.3) is 10.6 Å². The Morgan fingerprint density at radius 2 is 2.00 bits per heavy atom. The number of aryl methyl sites for hydroxylation is 2. The van der Waals surface area contributed by atoms with E-state index in [1.165, 1.54) is 15.3 Å². The highest BCUT2D eigenvalue weighted by molar-refractivity contribution is 7.15. The average Bonchev–Trinajstić information content (AvgIpc) is 3.22. The standard InChI is InChI=1S/C20H22N2OS2/c1-13(2)15-7-4-5-8-16(15)22-19(23)11-10-18-20(21-14(3)25-18)17-9-6-12-24-17/h4-9,12-13H,10-11H2,1-3H3,(H,22,23). The van der Waals surface area contributed by atoms with Crippen LogP contribution in [0.1, 0.15) is 41.6 Å². The van der Waals surface area contributed by atoms with Gasteiger partial charge in [0.2, 0.25) is 5.91 Å². The lowest BCUT2D eigenvalue weighted by Gasteiger charge is -2.13. The Bertz CT molecular complexity index is 850. The second-order valence-corrected chi connectivity index (χ2v) is 8.51. The number of hydrogen-bond donors (Lipinski definition) is 1. The zero-order valence-corrected chi connectivity index (χ0v) is 16.3. The van der Waals surface area contributed by atoms with Crippen molar-refractivity contribution in [3.63, 3.8) is 0 Å². The van der Waals surface area contributed by atoms with Gasteiger partial charge in [-0.25, -0.2) is 4.98 Å². The zero-order valence-electron chi connectivity index (χ0n) is 14.7. The van der Waals surface area contributed by atoms with Gasteiger partial charge in [0.15, 0.2) is 0 Å². The molecule has 0 saturated heterocycles. The number of rotatable bonds is 6. The van der Waals surface area contributed by atoms with Gasteiger partial charge in [0.25, 0.3) is 0 Å². The SMILES string of the molecule is Cc1nc(-c2cccs2)c(CCC(=O)Nc2ccccc2C(C)C)s1. The molecule has 0 radical (unpaired) electrons. The summed E-state index contributed by atoms with van der Waals surface area (Å²) < 4.78 is 0. The Hall–Kier alpha value is -1.98. The number of nitrogens with one attached hydrogen (secondary N) is 1. The van der Waals surface area contributed by atoms with Crippen LogP contribution in [0.2, 0.25) is 0 Å². The fraction of sp³-hybridized carbons (Fsp3) is 0.300. The average molecular weight is 371 g/mol. The van der Waals surface area contributed by atoms with E-state index in [0.717, 1.165) is 16.4 Å². The van der Waals surface area contributed by atoms with E-state index in [9.17, 15) is 4.79 Å². The summed E-state index contributed by atoms with van der Waals surface area (Å²) in [4.78, 5) is 19.4. The van der Waals surface area contributed by atoms with Crippen molar-refractivity contribution in [1.82, 2.24) is 4.98 Å². The van der Waals surface area contributed by atoms with E-state index in [1.807, 2.05) is 31.2 Å². The van der Waals surface area contributed by atoms with Gasteiger partial charge in [0.05, 0.1) is 15.6 Å². The van der Waals surface area contributed by atoms with E-state index >= 15 is 0 Å². The molecule has 0 fully saturated rings. The second kappa shape index (κ2) is 7.93. The lowest BCUT2D eigenvalue weighted by atomic mass is 10.0. The minimum atomic E-state index is 0.0521. The molecule has 1 aromatic carbocycles. The first-order valence-corrected chi connectivity index (χ1v) is 10.1. The number of hydrogen-bond acceptors (Lipinski definition) is 4. The zero-order chi connectivity index (χ0) is 17.8. The maximum Gasteiger partial charge on any atom is 0.224 e. The van der Waals surface area contributed by atoms with Gasteiger partial charge in [-0.15, -0.1) is 22.7 Å². The first-order valence-electron chi connectivity index (χ1n) is 8.43. The number of aromatic nitrogens is 1. The van der Waals surface area contributed by atoms with E-state index in [-0.39, 0.29) is 5.91 Å². The molecule has 0 aliphatic carbocycles. The van der Waals surface area contributed by atoms with E-state index in [2.05, 4.69) is 41.7 Å². The molecular formula is C20H22N2OS2. The molecule has 5 heteroatoms. The minimum Gasteiger partial charge on any atom is -0.326 e. The summed E-state index contributed by atoms with van der Waals surface area (Å²) in [5.41, 5.74) is 3.12. The van der Waals surface area contributed by atoms with Crippen molar-refractivity contribution in [2.24, 2.45) is 0 Å². The second-order valence-electron chi connectivity index (χ2n) is 6.27. The van der Waals surface area contributed by atoms with Crippen LogP contribution >= 0.6 is 22.7 Å². The van der Waals surface area contributed by atoms with Gasteiger partial charge in [0, 0.05) is 17.0 Å². The monoisotopic (exact) mass is 370 g/mol. The fourth-order valence-corrected chi connectivity index (χ4v) is 4.55. The van der Waals surface area contributed by atoms with Gasteiger partial charge in [-0.05, 0) is 42.3 Å². The third kappa shape index (κ3) is 4.35. The molecule has 0 saturated carbocycles. The molecule has 2 aromatic heterocycles. The number of benzene rings is 1. The molecule has 0 atom stereocenters. The summed E-state index contributed by atoms with van der Waals surface area (Å²) in [6, 6.07) is 12.1. The molecule has 1 amide bonds. The predicted octanol–water partition coefficient (Wildman–Crippen LogP) is 5.87. The van der Waals surface area contributed by atoms with Gasteiger partial charge in [-0.2, -0.15) is 0 Å². The Morgan fingerprint density at radius 1 is 1.20 bits per heavy atom. The number of para-hydroxylation sites is 1. The van der Waals surface area contributed by atoms with Crippen LogP contribution in [0, 0.1) is 6.92 Å². The summed E-state index contributed by atoms with van der Waals surface area (Å²) in [5.74, 6) is 0.433. The van der Waals surface area contributed by atoms with Crippen molar-refractivity contribution in [2.75, 3.05) is 5.32 Å². The van der Waals surface area contributed by atoms with Crippen molar-refractivity contribution in [1.29, 1.82) is 0 Å². The smallest absolute Gasteiger partial charge is 0.224 e. The molecule has 2 heterocycles. The Balaban J connectivity index is 1.68. The number of anilines is 1. The third-order valence-corrected chi connectivity index (χ3v) is 5.90. The van der Waals surface area contributed by atoms with Crippen LogP contribution in [-0.2, 0) is 11.2 Å². The molecule has 0 bridgehead atoms. The lowest BCUT2D eigenvalue weighted by molar-refractivity contribution is -0.116. The molecule has 0 unspecified atom stereocenters. The summed E-state index contributed by atoms with van der Waals surface area (Å²) in [7, 11) is 0. The summed E-state index contributed by atoms with van der Waals surface area (Å²) in [6.45, 7) is 6.29. The third-order valence-electron chi connectivity index (χ3n) is 3.99. The molecule has 25 heavy (non-hydrogen) atoms. The van der Waals surface area contributed by atoms with Crippen LogP contribution in [0.4, 0.5) is 5.69 Å². The van der Waals surface area contributed by atoms with E-state index in [1.54, 1.807) is 22.7 Å². The molecule has 130 valence electrons. The van der Waals surface area contributed by atoms with Crippen LogP contribution in [0.5, 0.6) is 0 Å². The first kappa shape index (κ1) is 17.8. The summed E-state index contributed by atoms with van der Waals surface area (Å²) in [5, 5.41) is 6.18. The predicted molar refractivity (Wildman–Crippen MR) is 108 cm³/mol. The molecule has 0 spiro atoms. The van der Waals surface area contributed by atoms with Gasteiger partial charge in [0.1, 0.15) is 0 Å². The molecule has 3 aromatic rings. The lowest BCUT2D eigenvalue weighted by Crippen LogP contribution is -2.14. The molecular weight excluding hydrogens is 348 g/mol. The first-order chi connectivity index (χ1) is 12.0. The number of carbonyl (C=O) groups excluding carboxylic acids is 1. The number of thiophene rings is 1. The van der Waals surface area contributed by atoms with Crippen molar-refractivity contribution >= 4 is 34.3 Å². The van der Waals surface area contributed by atoms with E-state index < -0.39 is 0 Å². The highest BCUT2D eigenvalue weighted by Gasteiger charge is 2.14. The molecule has 0 aliphatic rings. The number of thiazole rings is 1. The Morgan fingerprint density at radius 3 is 2.72 bits per heavy atom. The van der Waals surface area contributed by atoms with Gasteiger partial charge < -0.3 is 5.32 Å². The van der Waals surface area contributed by atoms with Crippen molar-refractivity contribution < 1.29 is 4.79 Å². The molecule has 3 nitrogen and oxygen atoms in total. The van der Waals surface area contributed by atoms with E-state index in [0.29, 0.717) is 18.8 Å². The number of amides is 1. The van der Waals surface area contributed by atoms with Crippen LogP contribution in [0.15, 0.2) is 41.8 Å². The summed E-state index contributed by atoms with van der Waals surface area (Å²) >= 11 is 3.37. The number of carbonyl (C=O) groups is 1. The largest absolute Gasteiger partial charge is 0.326 e. The Labute approximate surface area is 156 Å². The van der Waals surface area contributed by atoms with Crippen LogP contribution in [0.3, 0.4) is 0 Å². The quantitative estimate of drug-likeness (QED) is 0.589. The molecule has 1 N–H and O–H groups in total. The van der Waals surface area contributed by atoms with E-state index in [4.69, 9.17) is 0 Å². The number of nitrogens with zero attached hydrogens (tertiary/aromatic N) is 1. The highest BCUT2D eigenvalue weighted by Crippen LogP contribution is 2.32. The highest BCUT2D eigenvalue weighted by atomic mass is 32.1. The minimum absolute atomic E-state index is 0.0521. The van der Waals surface area contributed by atoms with Crippen molar-refractivity contribution in [3.05, 3.63) is 57.2 Å². The van der Waals surface area contributed by atoms with Gasteiger partial charge in [-0.1, -0.05) is 38.1 Å². The van der Waals surface area contributed by atoms with Gasteiger partial charge in [-0.3, -0.25) is 4.79 Å². The fourth-order valence-electron chi connectivity index (χ4n) is 2.80. The van der Waals surface area contributed by atoms with Crippen LogP contribution in [-0.4, -0.2) is 10.9 Å². The van der Waals surface area contributed by atoms with Crippen molar-refractivity contribution in [2.45, 2.75) is 39.5 Å². The molecule has 3 rings (SSSR count). The summed E-state index contributed by atoms with van der Waals surface area (Å²) in [6.07, 6.45) is 1.18. The molecule has 0 aliphatic heterocycles. The van der Waals surface area contributed by atoms with Crippen LogP contribution < -0.4 is 5.32 Å². The normalized spacial score (nSPS) is 11.0. The van der Waals surface area contributed by atoms with Crippen molar-refractivity contribution in [3.8, 4) is 10.6 Å².